The molecule has 0 spiro atoms. The molecule has 200 valence electrons. The molecule has 0 atom stereocenters. The number of carbonyl (C=O) groups is 2. The maximum atomic E-state index is 11.4. The molecular formula is C25H54N2O6. The number of aliphatic hydroxyl groups excluding tert-OH is 1. The first-order chi connectivity index (χ1) is 15.8. The van der Waals surface area contributed by atoms with E-state index >= 15 is 0 Å². The van der Waals surface area contributed by atoms with Crippen LogP contribution in [-0.4, -0.2) is 75.8 Å². The van der Waals surface area contributed by atoms with Gasteiger partial charge in [0.2, 0.25) is 11.8 Å². The fraction of sp³-hybridized carbons (Fsp3) is 0.920. The zero-order chi connectivity index (χ0) is 25.8. The Morgan fingerprint density at radius 3 is 1.94 bits per heavy atom. The second kappa shape index (κ2) is 28.8. The van der Waals surface area contributed by atoms with Crippen LogP contribution in [0.3, 0.4) is 0 Å². The largest absolute Gasteiger partial charge is 0.396 e. The van der Waals surface area contributed by atoms with E-state index in [4.69, 9.17) is 19.3 Å². The van der Waals surface area contributed by atoms with Gasteiger partial charge in [0.15, 0.2) is 0 Å². The molecule has 0 radical (unpaired) electrons. The highest BCUT2D eigenvalue weighted by Gasteiger charge is 2.17. The number of amides is 2. The molecule has 0 aliphatic carbocycles. The lowest BCUT2D eigenvalue weighted by atomic mass is 10.1. The van der Waals surface area contributed by atoms with E-state index in [0.717, 1.165) is 45.3 Å². The van der Waals surface area contributed by atoms with Crippen molar-refractivity contribution in [1.82, 2.24) is 10.6 Å². The molecule has 2 amide bonds. The fourth-order valence-electron chi connectivity index (χ4n) is 2.29. The van der Waals surface area contributed by atoms with Crippen molar-refractivity contribution in [3.8, 4) is 0 Å². The number of ether oxygens (including phenoxy) is 3. The SMILES string of the molecule is CC.CCCNC(=O)CCCOCCCOCCC(C)(C)OCCC.CNC(=O)CCCO. The Labute approximate surface area is 203 Å². The molecule has 0 fully saturated rings. The van der Waals surface area contributed by atoms with Crippen LogP contribution in [0.4, 0.5) is 0 Å². The lowest BCUT2D eigenvalue weighted by molar-refractivity contribution is -0.122. The van der Waals surface area contributed by atoms with Gasteiger partial charge in [-0.15, -0.1) is 0 Å². The van der Waals surface area contributed by atoms with E-state index in [2.05, 4.69) is 31.4 Å². The summed E-state index contributed by atoms with van der Waals surface area (Å²) >= 11 is 0. The first-order valence-electron chi connectivity index (χ1n) is 12.7. The minimum Gasteiger partial charge on any atom is -0.396 e. The maximum Gasteiger partial charge on any atom is 0.220 e. The summed E-state index contributed by atoms with van der Waals surface area (Å²) in [7, 11) is 1.58. The molecule has 0 heterocycles. The van der Waals surface area contributed by atoms with Gasteiger partial charge in [0, 0.05) is 66.1 Å². The summed E-state index contributed by atoms with van der Waals surface area (Å²) in [5.41, 5.74) is -0.106. The van der Waals surface area contributed by atoms with Crippen LogP contribution in [0.15, 0.2) is 0 Å². The first kappa shape index (κ1) is 36.4. The second-order valence-corrected chi connectivity index (χ2v) is 7.89. The predicted octanol–water partition coefficient (Wildman–Crippen LogP) is 3.84. The van der Waals surface area contributed by atoms with Gasteiger partial charge >= 0.3 is 0 Å². The monoisotopic (exact) mass is 478 g/mol. The molecule has 8 heteroatoms. The maximum absolute atomic E-state index is 11.4. The summed E-state index contributed by atoms with van der Waals surface area (Å²) in [6.45, 7) is 16.8. The van der Waals surface area contributed by atoms with E-state index in [1.165, 1.54) is 0 Å². The van der Waals surface area contributed by atoms with Gasteiger partial charge in [-0.3, -0.25) is 9.59 Å². The Morgan fingerprint density at radius 1 is 0.818 bits per heavy atom. The third-order valence-corrected chi connectivity index (χ3v) is 4.23. The van der Waals surface area contributed by atoms with Crippen molar-refractivity contribution in [3.05, 3.63) is 0 Å². The van der Waals surface area contributed by atoms with Crippen molar-refractivity contribution in [1.29, 1.82) is 0 Å². The third kappa shape index (κ3) is 33.0. The Bertz CT molecular complexity index is 420. The van der Waals surface area contributed by atoms with Crippen molar-refractivity contribution in [2.24, 2.45) is 0 Å². The summed E-state index contributed by atoms with van der Waals surface area (Å²) in [6.07, 6.45) is 6.11. The van der Waals surface area contributed by atoms with Gasteiger partial charge in [-0.1, -0.05) is 27.7 Å². The molecule has 0 saturated heterocycles. The van der Waals surface area contributed by atoms with Gasteiger partial charge in [0.25, 0.3) is 0 Å². The highest BCUT2D eigenvalue weighted by atomic mass is 16.5. The van der Waals surface area contributed by atoms with Crippen LogP contribution in [-0.2, 0) is 23.8 Å². The Kier molecular flexibility index (Phi) is 31.7. The quantitative estimate of drug-likeness (QED) is 0.244. The van der Waals surface area contributed by atoms with E-state index in [0.29, 0.717) is 45.7 Å². The van der Waals surface area contributed by atoms with E-state index in [1.807, 2.05) is 20.8 Å². The van der Waals surface area contributed by atoms with Crippen molar-refractivity contribution in [2.75, 3.05) is 53.2 Å². The Balaban J connectivity index is -0.000000754. The summed E-state index contributed by atoms with van der Waals surface area (Å²) in [5, 5.41) is 13.5. The zero-order valence-corrected chi connectivity index (χ0v) is 22.6. The molecule has 0 aromatic heterocycles. The van der Waals surface area contributed by atoms with Gasteiger partial charge in [0.05, 0.1) is 5.60 Å². The summed E-state index contributed by atoms with van der Waals surface area (Å²) in [4.78, 5) is 21.7. The lowest BCUT2D eigenvalue weighted by Gasteiger charge is -2.25. The van der Waals surface area contributed by atoms with E-state index in [-0.39, 0.29) is 24.0 Å². The van der Waals surface area contributed by atoms with E-state index in [9.17, 15) is 9.59 Å². The van der Waals surface area contributed by atoms with Crippen molar-refractivity contribution in [3.63, 3.8) is 0 Å². The number of hydrogen-bond acceptors (Lipinski definition) is 6. The minimum absolute atomic E-state index is 0.0148. The molecule has 0 saturated carbocycles. The van der Waals surface area contributed by atoms with Crippen LogP contribution in [0.5, 0.6) is 0 Å². The normalized spacial score (nSPS) is 10.4. The van der Waals surface area contributed by atoms with Gasteiger partial charge < -0.3 is 30.0 Å². The predicted molar refractivity (Wildman–Crippen MR) is 135 cm³/mol. The number of nitrogens with one attached hydrogen (secondary N) is 2. The molecular weight excluding hydrogens is 424 g/mol. The topological polar surface area (TPSA) is 106 Å². The molecule has 0 aromatic carbocycles. The van der Waals surface area contributed by atoms with E-state index in [1.54, 1.807) is 7.05 Å². The van der Waals surface area contributed by atoms with Gasteiger partial charge in [-0.25, -0.2) is 0 Å². The lowest BCUT2D eigenvalue weighted by Crippen LogP contribution is -2.26. The molecule has 0 rings (SSSR count). The van der Waals surface area contributed by atoms with E-state index < -0.39 is 0 Å². The molecule has 33 heavy (non-hydrogen) atoms. The first-order valence-corrected chi connectivity index (χ1v) is 12.7. The Morgan fingerprint density at radius 2 is 1.39 bits per heavy atom. The molecule has 0 aliphatic heterocycles. The molecule has 8 nitrogen and oxygen atoms in total. The molecule has 3 N–H and O–H groups in total. The zero-order valence-electron chi connectivity index (χ0n) is 22.6. The van der Waals surface area contributed by atoms with Crippen molar-refractivity contribution >= 4 is 11.8 Å². The average molecular weight is 479 g/mol. The van der Waals surface area contributed by atoms with Gasteiger partial charge in [-0.2, -0.15) is 0 Å². The van der Waals surface area contributed by atoms with Crippen molar-refractivity contribution in [2.45, 2.75) is 98.5 Å². The number of hydrogen-bond donors (Lipinski definition) is 3. The van der Waals surface area contributed by atoms with Crippen molar-refractivity contribution < 1.29 is 28.9 Å². The van der Waals surface area contributed by atoms with Crippen LogP contribution in [0.2, 0.25) is 0 Å². The highest BCUT2D eigenvalue weighted by Crippen LogP contribution is 2.14. The molecule has 0 aliphatic rings. The summed E-state index contributed by atoms with van der Waals surface area (Å²) in [6, 6.07) is 0. The molecule has 0 unspecified atom stereocenters. The number of rotatable bonds is 19. The van der Waals surface area contributed by atoms with Crippen LogP contribution < -0.4 is 10.6 Å². The van der Waals surface area contributed by atoms with Crippen LogP contribution >= 0.6 is 0 Å². The average Bonchev–Trinajstić information content (AvgIpc) is 2.82. The molecule has 0 bridgehead atoms. The smallest absolute Gasteiger partial charge is 0.220 e. The van der Waals surface area contributed by atoms with Crippen LogP contribution in [0.1, 0.15) is 92.9 Å². The number of carbonyl (C=O) groups excluding carboxylic acids is 2. The van der Waals surface area contributed by atoms with Gasteiger partial charge in [0.1, 0.15) is 0 Å². The molecule has 0 aromatic rings. The van der Waals surface area contributed by atoms with Crippen LogP contribution in [0.25, 0.3) is 0 Å². The summed E-state index contributed by atoms with van der Waals surface area (Å²) < 4.78 is 16.9. The number of aliphatic hydroxyl groups is 1. The third-order valence-electron chi connectivity index (χ3n) is 4.23. The van der Waals surface area contributed by atoms with Gasteiger partial charge in [-0.05, 0) is 52.4 Å². The van der Waals surface area contributed by atoms with Crippen LogP contribution in [0, 0.1) is 0 Å². The summed E-state index contributed by atoms with van der Waals surface area (Å²) in [5.74, 6) is 0.103. The minimum atomic E-state index is -0.106. The second-order valence-electron chi connectivity index (χ2n) is 7.89. The standard InChI is InChI=1S/C18H37NO4.C5H11NO2.C2H6/c1-5-11-19-17(20)9-7-13-21-14-8-15-22-16-10-18(3,4)23-12-6-2;1-6-5(8)3-2-4-7;1-2/h5-16H2,1-4H3,(H,19,20);7H,2-4H2,1H3,(H,6,8);1-2H3. The Hall–Kier alpha value is -1.22. The fourth-order valence-corrected chi connectivity index (χ4v) is 2.29. The highest BCUT2D eigenvalue weighted by molar-refractivity contribution is 5.75.